The molecule has 5 unspecified atom stereocenters. The highest BCUT2D eigenvalue weighted by molar-refractivity contribution is 6.06. The quantitative estimate of drug-likeness (QED) is 0.409. The fourth-order valence-corrected chi connectivity index (χ4v) is 4.42. The predicted molar refractivity (Wildman–Crippen MR) is 82.4 cm³/mol. The van der Waals surface area contributed by atoms with Gasteiger partial charge in [-0.05, 0) is 30.6 Å². The van der Waals surface area contributed by atoms with Gasteiger partial charge in [0.05, 0.1) is 11.8 Å². The van der Waals surface area contributed by atoms with Gasteiger partial charge in [0.1, 0.15) is 0 Å². The normalized spacial score (nSPS) is 34.9. The monoisotopic (exact) mass is 289 g/mol. The molecule has 0 N–H and O–H groups in total. The molecule has 21 heavy (non-hydrogen) atoms. The number of carbonyl (C=O) groups is 2. The summed E-state index contributed by atoms with van der Waals surface area (Å²) in [7, 11) is 0. The van der Waals surface area contributed by atoms with Crippen LogP contribution in [0, 0.1) is 29.6 Å². The number of hydrogen-bond donors (Lipinski definition) is 0. The molecule has 1 saturated carbocycles. The second-order valence-electron chi connectivity index (χ2n) is 7.22. The van der Waals surface area contributed by atoms with Crippen molar-refractivity contribution in [3.63, 3.8) is 0 Å². The first kappa shape index (κ1) is 14.8. The van der Waals surface area contributed by atoms with E-state index in [1.54, 1.807) is 4.90 Å². The van der Waals surface area contributed by atoms with E-state index in [1.165, 1.54) is 25.7 Å². The lowest BCUT2D eigenvalue weighted by Gasteiger charge is -2.19. The van der Waals surface area contributed by atoms with Crippen LogP contribution in [0.25, 0.3) is 0 Å². The Morgan fingerprint density at radius 2 is 1.71 bits per heavy atom. The van der Waals surface area contributed by atoms with Crippen molar-refractivity contribution in [1.29, 1.82) is 0 Å². The lowest BCUT2D eigenvalue weighted by molar-refractivity contribution is -0.140. The molecule has 3 rings (SSSR count). The van der Waals surface area contributed by atoms with Crippen molar-refractivity contribution in [1.82, 2.24) is 4.90 Å². The summed E-state index contributed by atoms with van der Waals surface area (Å²) in [6.07, 6.45) is 11.3. The number of rotatable bonds is 7. The zero-order chi connectivity index (χ0) is 15.0. The maximum atomic E-state index is 12.5. The molecule has 3 heteroatoms. The third-order valence-electron chi connectivity index (χ3n) is 5.71. The van der Waals surface area contributed by atoms with Crippen molar-refractivity contribution in [3.8, 4) is 0 Å². The minimum absolute atomic E-state index is 0.0251. The number of hydrogen-bond acceptors (Lipinski definition) is 2. The first-order valence-corrected chi connectivity index (χ1v) is 8.67. The molecule has 2 amide bonds. The Morgan fingerprint density at radius 3 is 2.29 bits per heavy atom. The molecule has 0 radical (unpaired) electrons. The number of imide groups is 1. The van der Waals surface area contributed by atoms with Crippen LogP contribution in [-0.2, 0) is 9.59 Å². The van der Waals surface area contributed by atoms with Gasteiger partial charge < -0.3 is 0 Å². The van der Waals surface area contributed by atoms with Gasteiger partial charge in [0, 0.05) is 6.54 Å². The molecule has 0 aromatic heterocycles. The van der Waals surface area contributed by atoms with Crippen LogP contribution in [0.1, 0.15) is 52.4 Å². The highest BCUT2D eigenvalue weighted by Crippen LogP contribution is 2.52. The highest BCUT2D eigenvalue weighted by Gasteiger charge is 2.58. The number of fused-ring (bicyclic) bond motifs is 5. The third-order valence-corrected chi connectivity index (χ3v) is 5.71. The Morgan fingerprint density at radius 1 is 1.10 bits per heavy atom. The first-order chi connectivity index (χ1) is 10.1. The molecule has 0 aromatic rings. The van der Waals surface area contributed by atoms with Gasteiger partial charge in [-0.15, -0.1) is 0 Å². The van der Waals surface area contributed by atoms with Crippen LogP contribution >= 0.6 is 0 Å². The average Bonchev–Trinajstić information content (AvgIpc) is 3.13. The van der Waals surface area contributed by atoms with E-state index in [9.17, 15) is 9.59 Å². The fourth-order valence-electron chi connectivity index (χ4n) is 4.42. The Bertz CT molecular complexity index is 426. The fraction of sp³-hybridized carbons (Fsp3) is 0.778. The summed E-state index contributed by atoms with van der Waals surface area (Å²) in [6, 6.07) is 0. The zero-order valence-corrected chi connectivity index (χ0v) is 13.3. The van der Waals surface area contributed by atoms with Crippen LogP contribution < -0.4 is 0 Å². The standard InChI is InChI=1S/C18H27NO2/c1-3-4-5-6-12(2)9-10-19-17(20)15-13-7-8-14(11-13)16(15)18(19)21/h7-8,12-16H,3-6,9-11H2,1-2H3. The molecule has 1 aliphatic heterocycles. The van der Waals surface area contributed by atoms with E-state index < -0.39 is 0 Å². The Kier molecular flexibility index (Phi) is 4.19. The molecule has 3 aliphatic rings. The van der Waals surface area contributed by atoms with Crippen molar-refractivity contribution in [2.45, 2.75) is 52.4 Å². The molecule has 2 fully saturated rings. The summed E-state index contributed by atoms with van der Waals surface area (Å²) < 4.78 is 0. The number of unbranched alkanes of at least 4 members (excludes halogenated alkanes) is 2. The lowest BCUT2D eigenvalue weighted by Crippen LogP contribution is -2.34. The summed E-state index contributed by atoms with van der Waals surface area (Å²) in [4.78, 5) is 26.6. The van der Waals surface area contributed by atoms with Gasteiger partial charge in [-0.25, -0.2) is 0 Å². The van der Waals surface area contributed by atoms with Crippen molar-refractivity contribution in [2.24, 2.45) is 29.6 Å². The lowest BCUT2D eigenvalue weighted by atomic mass is 9.85. The van der Waals surface area contributed by atoms with Crippen LogP contribution in [0.2, 0.25) is 0 Å². The SMILES string of the molecule is CCCCCC(C)CCN1C(=O)C2C3C=CC(C3)C2C1=O. The molecule has 2 bridgehead atoms. The van der Waals surface area contributed by atoms with E-state index in [-0.39, 0.29) is 23.7 Å². The number of nitrogens with zero attached hydrogens (tertiary/aromatic N) is 1. The number of carbonyl (C=O) groups excluding carboxylic acids is 2. The van der Waals surface area contributed by atoms with E-state index in [4.69, 9.17) is 0 Å². The Balaban J connectivity index is 1.53. The van der Waals surface area contributed by atoms with Gasteiger partial charge in [0.25, 0.3) is 0 Å². The van der Waals surface area contributed by atoms with Gasteiger partial charge in [0.15, 0.2) is 0 Å². The number of likely N-dealkylation sites (tertiary alicyclic amines) is 1. The van der Waals surface area contributed by atoms with E-state index in [2.05, 4.69) is 26.0 Å². The van der Waals surface area contributed by atoms with Gasteiger partial charge in [0.2, 0.25) is 11.8 Å². The Labute approximate surface area is 127 Å². The molecule has 1 saturated heterocycles. The minimum atomic E-state index is -0.0251. The van der Waals surface area contributed by atoms with E-state index >= 15 is 0 Å². The van der Waals surface area contributed by atoms with Crippen molar-refractivity contribution in [2.75, 3.05) is 6.54 Å². The summed E-state index contributed by atoms with van der Waals surface area (Å²) >= 11 is 0. The molecule has 116 valence electrons. The summed E-state index contributed by atoms with van der Waals surface area (Å²) in [5.41, 5.74) is 0. The average molecular weight is 289 g/mol. The largest absolute Gasteiger partial charge is 0.282 e. The van der Waals surface area contributed by atoms with Gasteiger partial charge in [-0.2, -0.15) is 0 Å². The van der Waals surface area contributed by atoms with E-state index in [1.807, 2.05) is 0 Å². The summed E-state index contributed by atoms with van der Waals surface area (Å²) in [5, 5.41) is 0. The number of amides is 2. The molecule has 1 heterocycles. The van der Waals surface area contributed by atoms with Crippen LogP contribution in [0.4, 0.5) is 0 Å². The minimum Gasteiger partial charge on any atom is -0.282 e. The predicted octanol–water partition coefficient (Wildman–Crippen LogP) is 3.40. The summed E-state index contributed by atoms with van der Waals surface area (Å²) in [5.74, 6) is 1.45. The highest BCUT2D eigenvalue weighted by atomic mass is 16.2. The van der Waals surface area contributed by atoms with E-state index in [0.29, 0.717) is 24.3 Å². The molecule has 5 atom stereocenters. The van der Waals surface area contributed by atoms with Crippen molar-refractivity contribution < 1.29 is 9.59 Å². The maximum Gasteiger partial charge on any atom is 0.233 e. The topological polar surface area (TPSA) is 37.4 Å². The second kappa shape index (κ2) is 5.94. The maximum absolute atomic E-state index is 12.5. The molecule has 2 aliphatic carbocycles. The molecular weight excluding hydrogens is 262 g/mol. The molecule has 0 spiro atoms. The molecular formula is C18H27NO2. The third kappa shape index (κ3) is 2.56. The smallest absolute Gasteiger partial charge is 0.233 e. The molecule has 3 nitrogen and oxygen atoms in total. The Hall–Kier alpha value is -1.12. The van der Waals surface area contributed by atoms with Crippen molar-refractivity contribution >= 4 is 11.8 Å². The van der Waals surface area contributed by atoms with Crippen molar-refractivity contribution in [3.05, 3.63) is 12.2 Å². The molecule has 0 aromatic carbocycles. The van der Waals surface area contributed by atoms with Gasteiger partial charge in [-0.1, -0.05) is 51.7 Å². The van der Waals surface area contributed by atoms with E-state index in [0.717, 1.165) is 12.8 Å². The van der Waals surface area contributed by atoms with Crippen LogP contribution in [0.15, 0.2) is 12.2 Å². The van der Waals surface area contributed by atoms with Crippen LogP contribution in [-0.4, -0.2) is 23.3 Å². The van der Waals surface area contributed by atoms with Crippen LogP contribution in [0.5, 0.6) is 0 Å². The zero-order valence-electron chi connectivity index (χ0n) is 13.3. The number of allylic oxidation sites excluding steroid dienone is 2. The second-order valence-corrected chi connectivity index (χ2v) is 7.22. The van der Waals surface area contributed by atoms with Gasteiger partial charge in [-0.3, -0.25) is 14.5 Å². The summed E-state index contributed by atoms with van der Waals surface area (Å²) in [6.45, 7) is 5.09. The van der Waals surface area contributed by atoms with Crippen LogP contribution in [0.3, 0.4) is 0 Å². The van der Waals surface area contributed by atoms with Gasteiger partial charge >= 0.3 is 0 Å². The first-order valence-electron chi connectivity index (χ1n) is 8.67.